The molecule has 3 N–H and O–H groups in total. The third kappa shape index (κ3) is 4.75. The molecule has 10 heteroatoms. The Morgan fingerprint density at radius 1 is 1.34 bits per heavy atom. The zero-order valence-electron chi connectivity index (χ0n) is 20.6. The maximum Gasteiger partial charge on any atom is 0.254 e. The van der Waals surface area contributed by atoms with Crippen LogP contribution in [0.5, 0.6) is 5.75 Å². The second-order valence-electron chi connectivity index (χ2n) is 8.96. The number of nitro groups is 1. The molecular formula is C25H31N7O3. The van der Waals surface area contributed by atoms with Crippen LogP contribution >= 0.6 is 0 Å². The van der Waals surface area contributed by atoms with E-state index < -0.39 is 11.6 Å². The van der Waals surface area contributed by atoms with Gasteiger partial charge in [-0.3, -0.25) is 10.1 Å². The van der Waals surface area contributed by atoms with Gasteiger partial charge in [-0.15, -0.1) is 0 Å². The monoisotopic (exact) mass is 477 g/mol. The van der Waals surface area contributed by atoms with Gasteiger partial charge in [0.25, 0.3) is 6.04 Å². The van der Waals surface area contributed by atoms with E-state index in [9.17, 15) is 10.1 Å². The Morgan fingerprint density at radius 2 is 2.14 bits per heavy atom. The standard InChI is InChI=1S/C25H31N7O3/c1-16-7-6-8-18-19(14-27-22(16)18)23-20(35-5)15-28-24(30-23)29-17-9-10-25(26-2,11-12-31(3)4)21(13-17)32(33)34/h6-10,13-15,21,26-27H,11-12H2,1-5H3,(H,28,29,30). The summed E-state index contributed by atoms with van der Waals surface area (Å²) in [5.41, 5.74) is 3.46. The number of allylic oxidation sites excluding steroid dienone is 1. The van der Waals surface area contributed by atoms with Crippen LogP contribution in [-0.4, -0.2) is 71.2 Å². The van der Waals surface area contributed by atoms with Crippen molar-refractivity contribution in [1.82, 2.24) is 25.2 Å². The number of nitrogens with zero attached hydrogens (tertiary/aromatic N) is 4. The zero-order valence-corrected chi connectivity index (χ0v) is 20.6. The molecule has 0 saturated carbocycles. The summed E-state index contributed by atoms with van der Waals surface area (Å²) in [7, 11) is 7.24. The number of hydrogen-bond donors (Lipinski definition) is 3. The van der Waals surface area contributed by atoms with Crippen molar-refractivity contribution >= 4 is 16.9 Å². The van der Waals surface area contributed by atoms with Gasteiger partial charge in [0.2, 0.25) is 5.95 Å². The van der Waals surface area contributed by atoms with E-state index in [2.05, 4.69) is 20.6 Å². The summed E-state index contributed by atoms with van der Waals surface area (Å²) in [6, 6.07) is 5.13. The number of ether oxygens (including phenoxy) is 1. The Morgan fingerprint density at radius 3 is 2.83 bits per heavy atom. The van der Waals surface area contributed by atoms with Crippen molar-refractivity contribution in [3.63, 3.8) is 0 Å². The van der Waals surface area contributed by atoms with Crippen LogP contribution in [0.3, 0.4) is 0 Å². The Bertz CT molecular complexity index is 1300. The number of rotatable bonds is 9. The second kappa shape index (κ2) is 9.85. The number of anilines is 1. The van der Waals surface area contributed by atoms with E-state index in [0.29, 0.717) is 36.1 Å². The summed E-state index contributed by atoms with van der Waals surface area (Å²) in [6.07, 6.45) is 9.42. The Hall–Kier alpha value is -3.76. The maximum atomic E-state index is 12.0. The molecule has 2 aromatic heterocycles. The average molecular weight is 478 g/mol. The summed E-state index contributed by atoms with van der Waals surface area (Å²) in [6.45, 7) is 2.76. The maximum absolute atomic E-state index is 12.0. The zero-order chi connectivity index (χ0) is 25.2. The predicted octanol–water partition coefficient (Wildman–Crippen LogP) is 3.36. The molecule has 2 atom stereocenters. The summed E-state index contributed by atoms with van der Waals surface area (Å²) in [4.78, 5) is 26.2. The molecule has 0 spiro atoms. The molecule has 1 aliphatic carbocycles. The predicted molar refractivity (Wildman–Crippen MR) is 137 cm³/mol. The van der Waals surface area contributed by atoms with Crippen LogP contribution in [0.1, 0.15) is 12.0 Å². The van der Waals surface area contributed by atoms with Gasteiger partial charge in [0.15, 0.2) is 5.75 Å². The number of H-pyrrole nitrogens is 1. The number of likely N-dealkylation sites (N-methyl/N-ethyl adjacent to an activating group) is 1. The number of aromatic nitrogens is 3. The van der Waals surface area contributed by atoms with E-state index in [1.807, 2.05) is 62.5 Å². The number of methoxy groups -OCH3 is 1. The summed E-state index contributed by atoms with van der Waals surface area (Å²) in [5, 5.41) is 19.4. The van der Waals surface area contributed by atoms with Gasteiger partial charge in [-0.1, -0.05) is 24.3 Å². The van der Waals surface area contributed by atoms with Gasteiger partial charge in [0.1, 0.15) is 11.2 Å². The van der Waals surface area contributed by atoms with E-state index in [-0.39, 0.29) is 4.92 Å². The van der Waals surface area contributed by atoms with Crippen molar-refractivity contribution in [2.45, 2.75) is 24.9 Å². The fourth-order valence-electron chi connectivity index (χ4n) is 4.44. The Kier molecular flexibility index (Phi) is 6.86. The van der Waals surface area contributed by atoms with Gasteiger partial charge in [-0.2, -0.15) is 0 Å². The highest BCUT2D eigenvalue weighted by molar-refractivity contribution is 5.97. The molecule has 35 heavy (non-hydrogen) atoms. The molecule has 1 aromatic carbocycles. The van der Waals surface area contributed by atoms with Gasteiger partial charge in [-0.05, 0) is 52.7 Å². The topological polar surface area (TPSA) is 121 Å². The second-order valence-corrected chi connectivity index (χ2v) is 8.96. The smallest absolute Gasteiger partial charge is 0.254 e. The minimum absolute atomic E-state index is 0.258. The van der Waals surface area contributed by atoms with E-state index in [0.717, 1.165) is 22.0 Å². The van der Waals surface area contributed by atoms with Crippen LogP contribution in [0.15, 0.2) is 54.5 Å². The Balaban J connectivity index is 1.67. The molecule has 10 nitrogen and oxygen atoms in total. The lowest BCUT2D eigenvalue weighted by atomic mass is 9.82. The minimum atomic E-state index is -0.950. The molecule has 0 radical (unpaired) electrons. The molecule has 184 valence electrons. The van der Waals surface area contributed by atoms with Gasteiger partial charge in [0.05, 0.1) is 13.3 Å². The Labute approximate surface area is 204 Å². The number of aromatic amines is 1. The largest absolute Gasteiger partial charge is 0.493 e. The molecule has 0 saturated heterocycles. The minimum Gasteiger partial charge on any atom is -0.493 e. The lowest BCUT2D eigenvalue weighted by molar-refractivity contribution is -0.519. The molecule has 2 heterocycles. The third-order valence-electron chi connectivity index (χ3n) is 6.50. The number of nitrogens with one attached hydrogen (secondary N) is 3. The molecule has 3 aromatic rings. The third-order valence-corrected chi connectivity index (χ3v) is 6.50. The van der Waals surface area contributed by atoms with Crippen molar-refractivity contribution in [3.8, 4) is 17.0 Å². The first-order valence-electron chi connectivity index (χ1n) is 11.4. The first kappa shape index (κ1) is 24.4. The molecule has 0 bridgehead atoms. The molecule has 4 rings (SSSR count). The van der Waals surface area contributed by atoms with E-state index in [1.165, 1.54) is 0 Å². The van der Waals surface area contributed by atoms with Crippen LogP contribution in [0.25, 0.3) is 22.2 Å². The average Bonchev–Trinajstić information content (AvgIpc) is 3.28. The fourth-order valence-corrected chi connectivity index (χ4v) is 4.44. The van der Waals surface area contributed by atoms with E-state index in [1.54, 1.807) is 26.4 Å². The van der Waals surface area contributed by atoms with Crippen molar-refractivity contribution in [3.05, 3.63) is 70.2 Å². The summed E-state index contributed by atoms with van der Waals surface area (Å²) < 4.78 is 5.53. The number of hydrogen-bond acceptors (Lipinski definition) is 8. The molecular weight excluding hydrogens is 446 g/mol. The van der Waals surface area contributed by atoms with Crippen molar-refractivity contribution in [2.24, 2.45) is 0 Å². The number of para-hydroxylation sites is 1. The molecule has 0 amide bonds. The highest BCUT2D eigenvalue weighted by atomic mass is 16.6. The lowest BCUT2D eigenvalue weighted by Crippen LogP contribution is -2.56. The number of benzene rings is 1. The van der Waals surface area contributed by atoms with Crippen LogP contribution in [-0.2, 0) is 0 Å². The van der Waals surface area contributed by atoms with Crippen molar-refractivity contribution in [2.75, 3.05) is 40.1 Å². The molecule has 2 unspecified atom stereocenters. The fraction of sp³-hybridized carbons (Fsp3) is 0.360. The van der Waals surface area contributed by atoms with Crippen LogP contribution in [0.4, 0.5) is 5.95 Å². The molecule has 0 fully saturated rings. The van der Waals surface area contributed by atoms with Crippen molar-refractivity contribution in [1.29, 1.82) is 0 Å². The number of fused-ring (bicyclic) bond motifs is 1. The van der Waals surface area contributed by atoms with Gasteiger partial charge in [0, 0.05) is 39.4 Å². The van der Waals surface area contributed by atoms with E-state index in [4.69, 9.17) is 9.72 Å². The van der Waals surface area contributed by atoms with E-state index >= 15 is 0 Å². The van der Waals surface area contributed by atoms with Gasteiger partial charge >= 0.3 is 0 Å². The normalized spacial score (nSPS) is 19.7. The van der Waals surface area contributed by atoms with Crippen LogP contribution < -0.4 is 15.4 Å². The van der Waals surface area contributed by atoms with Gasteiger partial charge < -0.3 is 25.3 Å². The summed E-state index contributed by atoms with van der Waals surface area (Å²) in [5.74, 6) is 0.859. The lowest BCUT2D eigenvalue weighted by Gasteiger charge is -2.35. The first-order chi connectivity index (χ1) is 16.8. The number of aryl methyl sites for hydroxylation is 1. The van der Waals surface area contributed by atoms with Gasteiger partial charge in [-0.25, -0.2) is 9.97 Å². The highest BCUT2D eigenvalue weighted by Crippen LogP contribution is 2.35. The summed E-state index contributed by atoms with van der Waals surface area (Å²) >= 11 is 0. The van der Waals surface area contributed by atoms with Crippen molar-refractivity contribution < 1.29 is 9.66 Å². The molecule has 0 aliphatic heterocycles. The quantitative estimate of drug-likeness (QED) is 0.317. The van der Waals surface area contributed by atoms with Crippen LogP contribution in [0, 0.1) is 17.0 Å². The highest BCUT2D eigenvalue weighted by Gasteiger charge is 2.44. The molecule has 1 aliphatic rings. The first-order valence-corrected chi connectivity index (χ1v) is 11.4. The SMILES string of the molecule is CNC1(CCN(C)C)C=CC(Nc2ncc(OC)c(-c3c[nH]c4c(C)cccc34)n2)=CC1[N+](=O)[O-]. The van der Waals surface area contributed by atoms with Crippen LogP contribution in [0.2, 0.25) is 0 Å².